The zero-order valence-electron chi connectivity index (χ0n) is 21.2. The number of aliphatic hydroxyl groups is 2. The third-order valence-electron chi connectivity index (χ3n) is 8.50. The lowest BCUT2D eigenvalue weighted by atomic mass is 9.59. The number of aromatic hydroxyl groups is 1. The largest absolute Gasteiger partial charge is 0.510 e. The number of nitrogens with two attached hydrogens (primary N) is 1. The molecule has 204 valence electrons. The quantitative estimate of drug-likeness (QED) is 0.342. The summed E-state index contributed by atoms with van der Waals surface area (Å²) in [7, 11) is 3.33. The summed E-state index contributed by atoms with van der Waals surface area (Å²) in [5, 5.41) is 33.2. The molecular weight excluding hydrogens is 500 g/mol. The molecule has 38 heavy (non-hydrogen) atoms. The van der Waals surface area contributed by atoms with Crippen LogP contribution in [-0.4, -0.2) is 81.7 Å². The van der Waals surface area contributed by atoms with E-state index < -0.39 is 64.3 Å². The topological polar surface area (TPSA) is 144 Å². The zero-order chi connectivity index (χ0) is 27.7. The molecule has 1 saturated heterocycles. The molecule has 3 aliphatic carbocycles. The van der Waals surface area contributed by atoms with Gasteiger partial charge in [-0.25, -0.2) is 8.78 Å². The predicted molar refractivity (Wildman–Crippen MR) is 132 cm³/mol. The van der Waals surface area contributed by atoms with Crippen molar-refractivity contribution in [1.82, 2.24) is 9.80 Å². The highest BCUT2D eigenvalue weighted by molar-refractivity contribution is 6.28. The molecule has 4 atom stereocenters. The number of hydrogen-bond donors (Lipinski definition) is 4. The fourth-order valence-electron chi connectivity index (χ4n) is 6.69. The summed E-state index contributed by atoms with van der Waals surface area (Å²) in [6, 6.07) is 2.67. The Kier molecular flexibility index (Phi) is 6.34. The highest BCUT2D eigenvalue weighted by atomic mass is 19.3. The first kappa shape index (κ1) is 26.3. The van der Waals surface area contributed by atoms with Crippen molar-refractivity contribution in [3.05, 3.63) is 45.7 Å². The second-order valence-corrected chi connectivity index (χ2v) is 11.0. The Balaban J connectivity index is 1.52. The highest BCUT2D eigenvalue weighted by Crippen LogP contribution is 2.50. The maximum Gasteiger partial charge on any atom is 0.255 e. The number of likely N-dealkylation sites (N-methyl/N-ethyl adjacent to an activating group) is 1. The number of phenolic OH excluding ortho intramolecular Hbond substituents is 1. The second kappa shape index (κ2) is 9.16. The number of benzene rings is 1. The molecule has 1 aliphatic heterocycles. The number of halogens is 2. The summed E-state index contributed by atoms with van der Waals surface area (Å²) in [6.45, 7) is 0.533. The van der Waals surface area contributed by atoms with Gasteiger partial charge in [0.05, 0.1) is 17.5 Å². The predicted octanol–water partition coefficient (Wildman–Crippen LogP) is 2.08. The molecule has 1 heterocycles. The van der Waals surface area contributed by atoms with Crippen LogP contribution in [0.1, 0.15) is 36.0 Å². The smallest absolute Gasteiger partial charge is 0.255 e. The molecule has 0 spiro atoms. The number of nitrogens with zero attached hydrogens (tertiary/aromatic N) is 2. The Morgan fingerprint density at radius 1 is 1.13 bits per heavy atom. The standard InChI is InChI=1S/C27H31F2N3O6/c1-31(2)20-15-10-14-9-12-3-4-13(11-32-7-5-27(28,29)6-8-32)21(33)16(12)22(34)17(14)23(35)18(15)24(36)19(25(20)37)26(30)38/h3-4,14-15,18,20,33-34,37H,5-11H2,1-2H3,(H2,30,38). The van der Waals surface area contributed by atoms with Crippen LogP contribution >= 0.6 is 0 Å². The lowest BCUT2D eigenvalue weighted by molar-refractivity contribution is -0.136. The van der Waals surface area contributed by atoms with Gasteiger partial charge in [-0.3, -0.25) is 24.2 Å². The number of carbonyl (C=O) groups excluding carboxylic acids is 3. The summed E-state index contributed by atoms with van der Waals surface area (Å²) in [6.07, 6.45) is 0.0530. The number of allylic oxidation sites excluding steroid dienone is 1. The number of alkyl halides is 2. The van der Waals surface area contributed by atoms with Gasteiger partial charge < -0.3 is 21.1 Å². The molecule has 0 bridgehead atoms. The molecule has 5 rings (SSSR count). The molecule has 0 aromatic heterocycles. The van der Waals surface area contributed by atoms with E-state index >= 15 is 0 Å². The van der Waals surface area contributed by atoms with Crippen molar-refractivity contribution < 1.29 is 38.5 Å². The third-order valence-corrected chi connectivity index (χ3v) is 8.50. The Labute approximate surface area is 218 Å². The molecule has 1 saturated carbocycles. The van der Waals surface area contributed by atoms with E-state index in [9.17, 15) is 38.5 Å². The lowest BCUT2D eigenvalue weighted by Crippen LogP contribution is -2.55. The second-order valence-electron chi connectivity index (χ2n) is 11.0. The Morgan fingerprint density at radius 3 is 2.39 bits per heavy atom. The minimum Gasteiger partial charge on any atom is -0.510 e. The first-order valence-corrected chi connectivity index (χ1v) is 12.7. The van der Waals surface area contributed by atoms with Gasteiger partial charge in [0, 0.05) is 43.6 Å². The SMILES string of the molecule is CN(C)C1C(O)=C(C(N)=O)C(=O)C2C(=O)C3=C(O)c4c(ccc(CN5CCC(F)(F)CC5)c4O)CC3CC21. The van der Waals surface area contributed by atoms with Gasteiger partial charge in [-0.05, 0) is 44.3 Å². The number of fused-ring (bicyclic) bond motifs is 3. The number of likely N-dealkylation sites (tertiary alicyclic amines) is 1. The van der Waals surface area contributed by atoms with E-state index in [1.165, 1.54) is 0 Å². The molecule has 11 heteroatoms. The van der Waals surface area contributed by atoms with Crippen molar-refractivity contribution in [3.8, 4) is 5.75 Å². The van der Waals surface area contributed by atoms with Gasteiger partial charge >= 0.3 is 0 Å². The maximum absolute atomic E-state index is 13.8. The van der Waals surface area contributed by atoms with Crippen LogP contribution in [0.15, 0.2) is 29.0 Å². The van der Waals surface area contributed by atoms with Gasteiger partial charge in [0.15, 0.2) is 11.6 Å². The van der Waals surface area contributed by atoms with Crippen molar-refractivity contribution in [1.29, 1.82) is 0 Å². The molecule has 4 unspecified atom stereocenters. The monoisotopic (exact) mass is 531 g/mol. The number of ketones is 2. The average molecular weight is 532 g/mol. The molecule has 4 aliphatic rings. The number of Topliss-reactive ketones (excluding diaryl/α,β-unsaturated/α-hetero) is 2. The van der Waals surface area contributed by atoms with Crippen molar-refractivity contribution in [2.75, 3.05) is 27.2 Å². The van der Waals surface area contributed by atoms with E-state index in [2.05, 4.69) is 0 Å². The third kappa shape index (κ3) is 4.08. The number of phenols is 1. The Morgan fingerprint density at radius 2 is 1.79 bits per heavy atom. The van der Waals surface area contributed by atoms with Crippen molar-refractivity contribution in [2.45, 2.75) is 44.2 Å². The molecule has 9 nitrogen and oxygen atoms in total. The van der Waals surface area contributed by atoms with Crippen molar-refractivity contribution in [3.63, 3.8) is 0 Å². The highest BCUT2D eigenvalue weighted by Gasteiger charge is 2.55. The van der Waals surface area contributed by atoms with Crippen molar-refractivity contribution >= 4 is 23.2 Å². The van der Waals surface area contributed by atoms with Gasteiger partial charge in [0.1, 0.15) is 22.8 Å². The van der Waals surface area contributed by atoms with Crippen LogP contribution in [0.5, 0.6) is 5.75 Å². The molecule has 2 fully saturated rings. The van der Waals surface area contributed by atoms with E-state index in [0.29, 0.717) is 17.5 Å². The van der Waals surface area contributed by atoms with E-state index in [1.54, 1.807) is 36.0 Å². The van der Waals surface area contributed by atoms with Crippen LogP contribution in [-0.2, 0) is 27.3 Å². The average Bonchev–Trinajstić information content (AvgIpc) is 2.81. The number of aliphatic hydroxyl groups excluding tert-OH is 2. The minimum atomic E-state index is -2.70. The number of carbonyl (C=O) groups is 3. The van der Waals surface area contributed by atoms with Crippen LogP contribution in [0.25, 0.3) is 5.76 Å². The number of primary amides is 1. The van der Waals surface area contributed by atoms with Gasteiger partial charge in [-0.15, -0.1) is 0 Å². The van der Waals surface area contributed by atoms with Gasteiger partial charge in [-0.1, -0.05) is 12.1 Å². The van der Waals surface area contributed by atoms with E-state index in [4.69, 9.17) is 5.73 Å². The van der Waals surface area contributed by atoms with Crippen LogP contribution in [0.3, 0.4) is 0 Å². The first-order valence-electron chi connectivity index (χ1n) is 12.7. The summed E-state index contributed by atoms with van der Waals surface area (Å²) in [5.74, 6) is -8.86. The molecule has 1 amide bonds. The summed E-state index contributed by atoms with van der Waals surface area (Å²) >= 11 is 0. The van der Waals surface area contributed by atoms with Crippen LogP contribution < -0.4 is 5.73 Å². The molecular formula is C27H31F2N3O6. The normalized spacial score (nSPS) is 29.3. The number of piperidine rings is 1. The van der Waals surface area contributed by atoms with Gasteiger partial charge in [0.2, 0.25) is 0 Å². The summed E-state index contributed by atoms with van der Waals surface area (Å²) in [4.78, 5) is 42.5. The Bertz CT molecular complexity index is 1290. The van der Waals surface area contributed by atoms with Crippen LogP contribution in [0.4, 0.5) is 8.78 Å². The zero-order valence-corrected chi connectivity index (χ0v) is 21.2. The van der Waals surface area contributed by atoms with Crippen LogP contribution in [0.2, 0.25) is 0 Å². The van der Waals surface area contributed by atoms with Gasteiger partial charge in [0.25, 0.3) is 11.8 Å². The fourth-order valence-corrected chi connectivity index (χ4v) is 6.69. The fraction of sp³-hybridized carbons (Fsp3) is 0.519. The summed E-state index contributed by atoms with van der Waals surface area (Å²) < 4.78 is 27.1. The minimum absolute atomic E-state index is 0.0138. The maximum atomic E-state index is 13.8. The summed E-state index contributed by atoms with van der Waals surface area (Å²) in [5.41, 5.74) is 5.95. The van der Waals surface area contributed by atoms with Gasteiger partial charge in [-0.2, -0.15) is 0 Å². The Hall–Kier alpha value is -3.31. The van der Waals surface area contributed by atoms with Crippen LogP contribution in [0, 0.1) is 17.8 Å². The molecule has 5 N–H and O–H groups in total. The first-order chi connectivity index (χ1) is 17.8. The van der Waals surface area contributed by atoms with Crippen molar-refractivity contribution in [2.24, 2.45) is 23.5 Å². The lowest BCUT2D eigenvalue weighted by Gasteiger charge is -2.46. The van der Waals surface area contributed by atoms with E-state index in [-0.39, 0.29) is 55.8 Å². The van der Waals surface area contributed by atoms with E-state index in [0.717, 1.165) is 0 Å². The number of hydrogen-bond acceptors (Lipinski definition) is 8. The molecule has 1 aromatic carbocycles. The number of rotatable bonds is 4. The molecule has 1 aromatic rings. The van der Waals surface area contributed by atoms with E-state index in [1.807, 2.05) is 0 Å². The molecule has 0 radical (unpaired) electrons. The number of amides is 1.